The number of carbonyl (C=O) groups excluding carboxylic acids is 2. The number of thioether (sulfide) groups is 2. The number of nitrogens with one attached hydrogen (secondary N) is 1. The topological polar surface area (TPSA) is 175 Å². The van der Waals surface area contributed by atoms with Crippen molar-refractivity contribution in [3.8, 4) is 0 Å². The first-order valence-corrected chi connectivity index (χ1v) is 10.8. The van der Waals surface area contributed by atoms with Gasteiger partial charge in [0.05, 0.1) is 5.70 Å². The van der Waals surface area contributed by atoms with Gasteiger partial charge in [0.2, 0.25) is 6.61 Å². The van der Waals surface area contributed by atoms with Crippen LogP contribution in [-0.4, -0.2) is 85.8 Å². The normalized spacial score (nSPS) is 25.5. The number of nitrogens with two attached hydrogens (primary N) is 1. The quantitative estimate of drug-likeness (QED) is 0.197. The second-order valence-corrected chi connectivity index (χ2v) is 8.59. The summed E-state index contributed by atoms with van der Waals surface area (Å²) < 4.78 is 0. The van der Waals surface area contributed by atoms with E-state index in [0.29, 0.717) is 17.0 Å². The van der Waals surface area contributed by atoms with Crippen molar-refractivity contribution in [1.82, 2.24) is 15.1 Å². The Balaban J connectivity index is 1.79. The SMILES string of the molecule is C=CC1=C(C(=O)O)N2C(=O)[C@@H](NC(=O)/C(=N\OCC(=O)O)C3=CSC(N)N3C)[C@H]2SC1. The Hall–Kier alpha value is -2.97. The number of amides is 2. The van der Waals surface area contributed by atoms with E-state index in [1.165, 1.54) is 29.6 Å². The molecule has 12 nitrogen and oxygen atoms in total. The van der Waals surface area contributed by atoms with Gasteiger partial charge in [0.25, 0.3) is 11.8 Å². The maximum atomic E-state index is 12.9. The van der Waals surface area contributed by atoms with E-state index < -0.39 is 47.3 Å². The van der Waals surface area contributed by atoms with Crippen molar-refractivity contribution >= 4 is 53.0 Å². The third-order valence-electron chi connectivity index (χ3n) is 4.62. The molecule has 0 radical (unpaired) electrons. The summed E-state index contributed by atoms with van der Waals surface area (Å²) in [4.78, 5) is 55.2. The van der Waals surface area contributed by atoms with Gasteiger partial charge in [-0.25, -0.2) is 9.59 Å². The molecule has 5 N–H and O–H groups in total. The minimum Gasteiger partial charge on any atom is -0.479 e. The van der Waals surface area contributed by atoms with Crippen molar-refractivity contribution in [3.05, 3.63) is 35.0 Å². The van der Waals surface area contributed by atoms with Gasteiger partial charge in [-0.05, 0) is 5.57 Å². The summed E-state index contributed by atoms with van der Waals surface area (Å²) in [6, 6.07) is -0.989. The molecule has 0 bridgehead atoms. The molecule has 14 heteroatoms. The summed E-state index contributed by atoms with van der Waals surface area (Å²) in [6.07, 6.45) is 1.39. The highest BCUT2D eigenvalue weighted by atomic mass is 32.2. The highest BCUT2D eigenvalue weighted by Crippen LogP contribution is 2.40. The molecule has 0 aliphatic carbocycles. The molecule has 3 aliphatic heterocycles. The first-order chi connectivity index (χ1) is 14.7. The lowest BCUT2D eigenvalue weighted by molar-refractivity contribution is -0.150. The van der Waals surface area contributed by atoms with E-state index in [4.69, 9.17) is 15.7 Å². The minimum absolute atomic E-state index is 0.159. The fraction of sp³-hybridized carbons (Fsp3) is 0.353. The number of carboxylic acid groups (broad SMARTS) is 2. The van der Waals surface area contributed by atoms with Crippen molar-refractivity contribution in [2.45, 2.75) is 16.9 Å². The third-order valence-corrected chi connectivity index (χ3v) is 6.87. The molecule has 0 aromatic carbocycles. The molecular weight excluding hydrogens is 450 g/mol. The molecule has 0 aromatic rings. The van der Waals surface area contributed by atoms with Gasteiger partial charge in [-0.15, -0.1) is 11.8 Å². The van der Waals surface area contributed by atoms with Crippen LogP contribution in [0.5, 0.6) is 0 Å². The first kappa shape index (κ1) is 22.7. The van der Waals surface area contributed by atoms with E-state index in [-0.39, 0.29) is 11.4 Å². The Morgan fingerprint density at radius 1 is 1.45 bits per heavy atom. The highest BCUT2D eigenvalue weighted by molar-refractivity contribution is 8.02. The molecule has 2 amide bonds. The van der Waals surface area contributed by atoms with E-state index in [2.05, 4.69) is 17.1 Å². The van der Waals surface area contributed by atoms with Gasteiger partial charge >= 0.3 is 11.9 Å². The van der Waals surface area contributed by atoms with Crippen LogP contribution < -0.4 is 11.1 Å². The van der Waals surface area contributed by atoms with Gasteiger partial charge in [0, 0.05) is 18.2 Å². The predicted octanol–water partition coefficient (Wildman–Crippen LogP) is -0.869. The van der Waals surface area contributed by atoms with Crippen molar-refractivity contribution in [2.24, 2.45) is 10.9 Å². The van der Waals surface area contributed by atoms with Crippen LogP contribution in [0, 0.1) is 0 Å². The molecule has 0 aromatic heterocycles. The zero-order valence-corrected chi connectivity index (χ0v) is 17.8. The summed E-state index contributed by atoms with van der Waals surface area (Å²) in [6.45, 7) is 2.81. The van der Waals surface area contributed by atoms with Crippen LogP contribution in [0.2, 0.25) is 0 Å². The maximum Gasteiger partial charge on any atom is 0.352 e. The van der Waals surface area contributed by atoms with Crippen LogP contribution in [0.25, 0.3) is 0 Å². The molecule has 166 valence electrons. The predicted molar refractivity (Wildman–Crippen MR) is 112 cm³/mol. The van der Waals surface area contributed by atoms with Gasteiger partial charge in [-0.2, -0.15) is 0 Å². The Bertz CT molecular complexity index is 947. The van der Waals surface area contributed by atoms with Crippen LogP contribution in [0.15, 0.2) is 40.2 Å². The van der Waals surface area contributed by atoms with Crippen molar-refractivity contribution in [2.75, 3.05) is 19.4 Å². The number of nitrogens with zero attached hydrogens (tertiary/aromatic N) is 3. The molecule has 3 aliphatic rings. The molecule has 1 saturated heterocycles. The zero-order valence-electron chi connectivity index (χ0n) is 16.2. The second kappa shape index (κ2) is 9.03. The fourth-order valence-electron chi connectivity index (χ4n) is 3.03. The third kappa shape index (κ3) is 4.26. The van der Waals surface area contributed by atoms with Crippen molar-refractivity contribution in [3.63, 3.8) is 0 Å². The van der Waals surface area contributed by atoms with Gasteiger partial charge in [-0.3, -0.25) is 14.5 Å². The lowest BCUT2D eigenvalue weighted by Gasteiger charge is -2.49. The zero-order chi connectivity index (χ0) is 22.9. The second-order valence-electron chi connectivity index (χ2n) is 6.49. The number of rotatable bonds is 8. The van der Waals surface area contributed by atoms with Gasteiger partial charge in [-0.1, -0.05) is 29.6 Å². The number of oxime groups is 1. The van der Waals surface area contributed by atoms with Crippen LogP contribution >= 0.6 is 23.5 Å². The molecule has 31 heavy (non-hydrogen) atoms. The lowest BCUT2D eigenvalue weighted by Crippen LogP contribution is -2.71. The Morgan fingerprint density at radius 3 is 2.71 bits per heavy atom. The first-order valence-electron chi connectivity index (χ1n) is 8.78. The largest absolute Gasteiger partial charge is 0.479 e. The molecule has 1 unspecified atom stereocenters. The standard InChI is InChI=1S/C17H19N5O7S2/c1-3-7-5-30-15-11(14(26)22(15)12(7)16(27)28)19-13(25)10(20-29-4-9(23)24)8-6-31-17(18)21(8)2/h3,6,11,15,17H,1,4-5,18H2,2H3,(H,19,25)(H,23,24)(H,27,28)/b20-10-/t11-,15-,17?/m1/s1. The number of hydrogen-bond donors (Lipinski definition) is 4. The minimum atomic E-state index is -1.28. The lowest BCUT2D eigenvalue weighted by atomic mass is 10.0. The number of carbonyl (C=O) groups is 4. The van der Waals surface area contributed by atoms with Crippen molar-refractivity contribution in [1.29, 1.82) is 0 Å². The maximum absolute atomic E-state index is 12.9. The number of carboxylic acids is 2. The molecular formula is C17H19N5O7S2. The summed E-state index contributed by atoms with van der Waals surface area (Å²) >= 11 is 2.50. The van der Waals surface area contributed by atoms with Crippen LogP contribution in [0.4, 0.5) is 0 Å². The summed E-state index contributed by atoms with van der Waals surface area (Å²) in [5.74, 6) is -3.60. The molecule has 0 spiro atoms. The van der Waals surface area contributed by atoms with E-state index in [9.17, 15) is 24.3 Å². The Kier molecular flexibility index (Phi) is 6.62. The van der Waals surface area contributed by atoms with E-state index in [1.807, 2.05) is 0 Å². The number of aliphatic carboxylic acids is 2. The van der Waals surface area contributed by atoms with E-state index >= 15 is 0 Å². The van der Waals surface area contributed by atoms with E-state index in [1.54, 1.807) is 17.4 Å². The number of hydrogen-bond acceptors (Lipinski definition) is 10. The van der Waals surface area contributed by atoms with Gasteiger partial charge < -0.3 is 31.0 Å². The smallest absolute Gasteiger partial charge is 0.352 e. The summed E-state index contributed by atoms with van der Waals surface area (Å²) in [5.41, 5.74) is 5.70. The number of β-lactam (4-membered cyclic amide) rings is 1. The van der Waals surface area contributed by atoms with Crippen molar-refractivity contribution < 1.29 is 34.2 Å². The van der Waals surface area contributed by atoms with Gasteiger partial charge in [0.1, 0.15) is 22.6 Å². The average Bonchev–Trinajstić information content (AvgIpc) is 3.05. The Morgan fingerprint density at radius 2 is 2.16 bits per heavy atom. The average molecular weight is 470 g/mol. The summed E-state index contributed by atoms with van der Waals surface area (Å²) in [5, 5.41) is 25.3. The molecule has 3 atom stereocenters. The van der Waals surface area contributed by atoms with Crippen LogP contribution in [0.3, 0.4) is 0 Å². The Labute approximate surface area is 184 Å². The monoisotopic (exact) mass is 469 g/mol. The van der Waals surface area contributed by atoms with E-state index in [0.717, 1.165) is 4.90 Å². The van der Waals surface area contributed by atoms with Crippen LogP contribution in [0.1, 0.15) is 0 Å². The van der Waals surface area contributed by atoms with Gasteiger partial charge in [0.15, 0.2) is 5.71 Å². The highest BCUT2D eigenvalue weighted by Gasteiger charge is 2.54. The molecule has 1 fully saturated rings. The molecule has 3 rings (SSSR count). The molecule has 0 saturated carbocycles. The van der Waals surface area contributed by atoms with Crippen LogP contribution in [-0.2, 0) is 24.0 Å². The summed E-state index contributed by atoms with van der Waals surface area (Å²) in [7, 11) is 1.62. The number of fused-ring (bicyclic) bond motifs is 1. The fourth-order valence-corrected chi connectivity index (χ4v) is 5.22. The number of allylic oxidation sites excluding steroid dienone is 1. The molecule has 3 heterocycles.